The summed E-state index contributed by atoms with van der Waals surface area (Å²) in [7, 11) is -0.611. The summed E-state index contributed by atoms with van der Waals surface area (Å²) in [5.41, 5.74) is 2.25. The number of rotatable bonds is 2. The van der Waals surface area contributed by atoms with Crippen LogP contribution in [0, 0.1) is 18.8 Å². The summed E-state index contributed by atoms with van der Waals surface area (Å²) in [4.78, 5) is 23.4. The molecular formula is C23H34Cl2FNO4PtS. The second kappa shape index (κ2) is 24.2. The van der Waals surface area contributed by atoms with Gasteiger partial charge in [0.2, 0.25) is 0 Å². The molecule has 2 N–H and O–H groups in total. The Morgan fingerprint density at radius 3 is 1.70 bits per heavy atom. The van der Waals surface area contributed by atoms with Crippen molar-refractivity contribution in [2.24, 2.45) is 0 Å². The fraction of sp³-hybridized carbons (Fsp3) is 0.391. The summed E-state index contributed by atoms with van der Waals surface area (Å²) < 4.78 is 22.4. The van der Waals surface area contributed by atoms with Crippen molar-refractivity contribution in [1.29, 1.82) is 0 Å². The molecule has 1 heterocycles. The number of ketones is 2. The smallest absolute Gasteiger partial charge is 1.00 e. The van der Waals surface area contributed by atoms with Crippen LogP contribution in [0.3, 0.4) is 0 Å². The van der Waals surface area contributed by atoms with Crippen molar-refractivity contribution in [1.82, 2.24) is 4.98 Å². The summed E-state index contributed by atoms with van der Waals surface area (Å²) in [6, 6.07) is 13.0. The van der Waals surface area contributed by atoms with Crippen LogP contribution >= 0.6 is 0 Å². The van der Waals surface area contributed by atoms with Gasteiger partial charge in [0.25, 0.3) is 0 Å². The van der Waals surface area contributed by atoms with Crippen LogP contribution in [-0.2, 0) is 46.9 Å². The molecule has 10 heteroatoms. The van der Waals surface area contributed by atoms with Crippen LogP contribution in [-0.4, -0.2) is 38.7 Å². The minimum absolute atomic E-state index is 0. The summed E-state index contributed by atoms with van der Waals surface area (Å²) in [5.74, 6) is 0.0439. The molecule has 0 bridgehead atoms. The average molecular weight is 706 g/mol. The Morgan fingerprint density at radius 2 is 1.39 bits per heavy atom. The van der Waals surface area contributed by atoms with Gasteiger partial charge in [-0.1, -0.05) is 26.0 Å². The van der Waals surface area contributed by atoms with Gasteiger partial charge in [0.15, 0.2) is 0 Å². The number of halogens is 3. The molecule has 2 rings (SSSR count). The molecule has 1 aromatic carbocycles. The number of hydrogen-bond donors (Lipinski definition) is 0. The predicted molar refractivity (Wildman–Crippen MR) is 123 cm³/mol. The second-order valence-electron chi connectivity index (χ2n) is 7.27. The fourth-order valence-electron chi connectivity index (χ4n) is 1.53. The molecule has 0 aliphatic heterocycles. The van der Waals surface area contributed by atoms with Crippen LogP contribution in [0.5, 0.6) is 0 Å². The van der Waals surface area contributed by atoms with Crippen LogP contribution in [0.25, 0.3) is 11.3 Å². The first-order valence-corrected chi connectivity index (χ1v) is 10.8. The van der Waals surface area contributed by atoms with E-state index in [0.29, 0.717) is 0 Å². The minimum atomic E-state index is -0.611. The van der Waals surface area contributed by atoms with Crippen molar-refractivity contribution in [3.8, 4) is 11.3 Å². The van der Waals surface area contributed by atoms with E-state index in [-0.39, 0.29) is 74.2 Å². The minimum Gasteiger partial charge on any atom is -1.00 e. The number of aromatic nitrogens is 1. The van der Waals surface area contributed by atoms with Crippen molar-refractivity contribution < 1.29 is 69.5 Å². The zero-order valence-electron chi connectivity index (χ0n) is 20.2. The standard InChI is InChI=1S/C15H14FN.2C3H6O.C2H6OS.2ClH.H2O.Pt/c1-15(2,3)14-6-4-5-13(17-14)11-7-9-12(16)10-8-11;2*1-3(2)4;1-4(2)3;;;;/h4-7,9-10H,1H2,2-3H3;3*1-2H3;2*1H;1H2;/q-2;;;;;;;+4/p-2. The zero-order chi connectivity index (χ0) is 23.2. The average Bonchev–Trinajstić information content (AvgIpc) is 2.53. The third-order valence-corrected chi connectivity index (χ3v) is 2.49. The van der Waals surface area contributed by atoms with E-state index in [9.17, 15) is 18.2 Å². The molecule has 0 amide bonds. The Hall–Kier alpha value is -0.982. The molecule has 5 nitrogen and oxygen atoms in total. The van der Waals surface area contributed by atoms with Crippen LogP contribution < -0.4 is 24.8 Å². The normalized spacial score (nSPS) is 8.58. The van der Waals surface area contributed by atoms with E-state index in [1.807, 2.05) is 32.0 Å². The molecule has 0 radical (unpaired) electrons. The zero-order valence-corrected chi connectivity index (χ0v) is 24.8. The second-order valence-corrected chi connectivity index (χ2v) is 8.75. The largest absolute Gasteiger partial charge is 4.00 e. The molecule has 2 aromatic rings. The number of Topliss-reactive ketones (excluding diaryl/α,β-unsaturated/α-hetero) is 2. The van der Waals surface area contributed by atoms with Gasteiger partial charge >= 0.3 is 21.1 Å². The Kier molecular flexibility index (Phi) is 33.3. The predicted octanol–water partition coefficient (Wildman–Crippen LogP) is -1.83. The molecule has 0 saturated carbocycles. The first-order chi connectivity index (χ1) is 13.2. The molecule has 0 unspecified atom stereocenters. The van der Waals surface area contributed by atoms with Gasteiger partial charge < -0.3 is 51.8 Å². The summed E-state index contributed by atoms with van der Waals surface area (Å²) >= 11 is 0. The third kappa shape index (κ3) is 31.0. The third-order valence-electron chi connectivity index (χ3n) is 2.49. The number of nitrogens with zero attached hydrogens (tertiary/aromatic N) is 1. The van der Waals surface area contributed by atoms with E-state index < -0.39 is 10.8 Å². The van der Waals surface area contributed by atoms with Gasteiger partial charge in [-0.15, -0.1) is 35.2 Å². The van der Waals surface area contributed by atoms with Crippen molar-refractivity contribution in [2.75, 3.05) is 12.5 Å². The monoisotopic (exact) mass is 704 g/mol. The maximum atomic E-state index is 12.8. The van der Waals surface area contributed by atoms with Gasteiger partial charge in [0, 0.05) is 34.8 Å². The van der Waals surface area contributed by atoms with E-state index >= 15 is 0 Å². The van der Waals surface area contributed by atoms with Gasteiger partial charge in [-0.05, 0) is 39.5 Å². The van der Waals surface area contributed by atoms with E-state index in [1.165, 1.54) is 39.8 Å². The molecule has 33 heavy (non-hydrogen) atoms. The number of carbonyl (C=O) groups excluding carboxylic acids is 2. The van der Waals surface area contributed by atoms with Gasteiger partial charge in [-0.2, -0.15) is 0 Å². The summed E-state index contributed by atoms with van der Waals surface area (Å²) in [5, 5.41) is 0. The number of benzene rings is 1. The van der Waals surface area contributed by atoms with Crippen molar-refractivity contribution in [2.45, 2.75) is 47.0 Å². The van der Waals surface area contributed by atoms with Crippen LogP contribution in [0.15, 0.2) is 36.4 Å². The van der Waals surface area contributed by atoms with Gasteiger partial charge in [0.1, 0.15) is 11.6 Å². The van der Waals surface area contributed by atoms with E-state index in [0.717, 1.165) is 17.0 Å². The number of hydrogen-bond acceptors (Lipinski definition) is 4. The Balaban J connectivity index is -0.0000000969. The number of carbonyl (C=O) groups is 2. The molecular weight excluding hydrogens is 671 g/mol. The van der Waals surface area contributed by atoms with Crippen LogP contribution in [0.4, 0.5) is 4.39 Å². The van der Waals surface area contributed by atoms with Crippen molar-refractivity contribution in [3.05, 3.63) is 60.9 Å². The van der Waals surface area contributed by atoms with Gasteiger partial charge in [0.05, 0.1) is 0 Å². The first kappa shape index (κ1) is 45.5. The van der Waals surface area contributed by atoms with Gasteiger partial charge in [-0.3, -0.25) is 8.60 Å². The topological polar surface area (TPSA) is 95.6 Å². The summed E-state index contributed by atoms with van der Waals surface area (Å²) in [6.07, 6.45) is 3.28. The molecule has 0 aliphatic carbocycles. The number of pyridine rings is 1. The molecule has 0 atom stereocenters. The fourth-order valence-corrected chi connectivity index (χ4v) is 1.53. The molecule has 0 saturated heterocycles. The maximum absolute atomic E-state index is 12.8. The van der Waals surface area contributed by atoms with E-state index in [1.54, 1.807) is 18.6 Å². The van der Waals surface area contributed by atoms with Crippen molar-refractivity contribution in [3.63, 3.8) is 0 Å². The van der Waals surface area contributed by atoms with E-state index in [4.69, 9.17) is 0 Å². The van der Waals surface area contributed by atoms with Crippen molar-refractivity contribution >= 4 is 22.4 Å². The quantitative estimate of drug-likeness (QED) is 0.344. The van der Waals surface area contributed by atoms with Crippen LogP contribution in [0.1, 0.15) is 47.2 Å². The first-order valence-electron chi connectivity index (χ1n) is 8.86. The molecule has 0 fully saturated rings. The molecule has 0 spiro atoms. The van der Waals surface area contributed by atoms with E-state index in [2.05, 4.69) is 18.0 Å². The van der Waals surface area contributed by atoms with Gasteiger partial charge in [-0.25, -0.2) is 0 Å². The summed E-state index contributed by atoms with van der Waals surface area (Å²) in [6.45, 7) is 14.2. The Labute approximate surface area is 227 Å². The SMILES string of the molecule is CC(C)=O.CC(C)=O.CS(C)=O.O.[CH2-]C(C)(C)c1cccc(-c2[c-]cc(F)cc2)n1.[Cl-].[Cl-].[Pt+4]. The Bertz CT molecular complexity index is 761. The molecule has 1 aromatic heterocycles. The van der Waals surface area contributed by atoms with Crippen LogP contribution in [0.2, 0.25) is 0 Å². The molecule has 192 valence electrons. The molecule has 0 aliphatic rings. The Morgan fingerprint density at radius 1 is 1.00 bits per heavy atom. The maximum Gasteiger partial charge on any atom is 4.00 e.